The number of rotatable bonds is 2. The fourth-order valence-corrected chi connectivity index (χ4v) is 1.58. The van der Waals surface area contributed by atoms with Crippen LogP contribution in [0.15, 0.2) is 0 Å². The summed E-state index contributed by atoms with van der Waals surface area (Å²) >= 11 is 0. The molecule has 0 unspecified atom stereocenters. The number of ether oxygens (including phenoxy) is 2. The third kappa shape index (κ3) is 5.68. The van der Waals surface area contributed by atoms with Crippen molar-refractivity contribution >= 4 is 11.9 Å². The van der Waals surface area contributed by atoms with Crippen molar-refractivity contribution in [1.29, 1.82) is 0 Å². The number of hydrogen-bond donors (Lipinski definition) is 1. The molecule has 1 heterocycles. The number of carbonyl (C=O) groups excluding carboxylic acids is 2. The second kappa shape index (κ2) is 6.00. The van der Waals surface area contributed by atoms with Crippen LogP contribution in [0.4, 0.5) is 0 Å². The van der Waals surface area contributed by atoms with E-state index in [-0.39, 0.29) is 0 Å². The molecule has 1 aliphatic heterocycles. The van der Waals surface area contributed by atoms with E-state index >= 15 is 0 Å². The lowest BCUT2D eigenvalue weighted by molar-refractivity contribution is -0.163. The fourth-order valence-electron chi connectivity index (χ4n) is 1.58. The molecule has 1 N–H and O–H groups in total. The van der Waals surface area contributed by atoms with Gasteiger partial charge in [0.2, 0.25) is 0 Å². The summed E-state index contributed by atoms with van der Waals surface area (Å²) in [7, 11) is 0. The van der Waals surface area contributed by atoms with Gasteiger partial charge in [-0.3, -0.25) is 4.79 Å². The van der Waals surface area contributed by atoms with Gasteiger partial charge in [-0.05, 0) is 39.5 Å². The summed E-state index contributed by atoms with van der Waals surface area (Å²) in [5.41, 5.74) is -0.632. The van der Waals surface area contributed by atoms with Crippen LogP contribution in [0.3, 0.4) is 0 Å². The standard InChI is InChI=1S/C12H21NO4/c1-12(2,3)17-11(15)10(14)13-8-9-4-6-16-7-5-9/h9H,4-8H2,1-3H3,(H,13,14). The van der Waals surface area contributed by atoms with Crippen LogP contribution in [0.5, 0.6) is 0 Å². The van der Waals surface area contributed by atoms with Crippen LogP contribution in [0.25, 0.3) is 0 Å². The molecular formula is C12H21NO4. The first-order valence-corrected chi connectivity index (χ1v) is 5.97. The average Bonchev–Trinajstić information content (AvgIpc) is 2.25. The van der Waals surface area contributed by atoms with Crippen molar-refractivity contribution in [3.05, 3.63) is 0 Å². The normalized spacial score (nSPS) is 17.6. The summed E-state index contributed by atoms with van der Waals surface area (Å²) < 4.78 is 10.2. The first-order chi connectivity index (χ1) is 7.88. The van der Waals surface area contributed by atoms with Gasteiger partial charge < -0.3 is 14.8 Å². The largest absolute Gasteiger partial charge is 0.453 e. The van der Waals surface area contributed by atoms with Crippen molar-refractivity contribution in [3.8, 4) is 0 Å². The molecule has 0 aromatic rings. The van der Waals surface area contributed by atoms with Gasteiger partial charge in [-0.15, -0.1) is 0 Å². The van der Waals surface area contributed by atoms with Crippen molar-refractivity contribution in [2.75, 3.05) is 19.8 Å². The predicted octanol–water partition coefficient (Wildman–Crippen LogP) is 0.871. The van der Waals surface area contributed by atoms with Gasteiger partial charge in [-0.1, -0.05) is 0 Å². The number of esters is 1. The molecule has 0 saturated carbocycles. The second-order valence-electron chi connectivity index (χ2n) is 5.27. The number of amides is 1. The maximum absolute atomic E-state index is 11.4. The first kappa shape index (κ1) is 14.0. The highest BCUT2D eigenvalue weighted by molar-refractivity contribution is 6.32. The van der Waals surface area contributed by atoms with Crippen LogP contribution in [0.2, 0.25) is 0 Å². The minimum absolute atomic E-state index is 0.398. The maximum Gasteiger partial charge on any atom is 0.397 e. The molecule has 0 radical (unpaired) electrons. The van der Waals surface area contributed by atoms with Crippen molar-refractivity contribution in [2.24, 2.45) is 5.92 Å². The van der Waals surface area contributed by atoms with Crippen LogP contribution in [0, 0.1) is 5.92 Å². The Morgan fingerprint density at radius 3 is 2.41 bits per heavy atom. The fraction of sp³-hybridized carbons (Fsp3) is 0.833. The van der Waals surface area contributed by atoms with Crippen LogP contribution >= 0.6 is 0 Å². The van der Waals surface area contributed by atoms with Crippen LogP contribution in [0.1, 0.15) is 33.6 Å². The molecule has 5 nitrogen and oxygen atoms in total. The van der Waals surface area contributed by atoms with Crippen LogP contribution in [-0.2, 0) is 19.1 Å². The molecule has 1 saturated heterocycles. The Kier molecular flexibility index (Phi) is 4.93. The molecule has 1 rings (SSSR count). The summed E-state index contributed by atoms with van der Waals surface area (Å²) in [6, 6.07) is 0. The Bertz CT molecular complexity index is 277. The van der Waals surface area contributed by atoms with E-state index in [4.69, 9.17) is 9.47 Å². The monoisotopic (exact) mass is 243 g/mol. The number of hydrogen-bond acceptors (Lipinski definition) is 4. The molecule has 0 aromatic heterocycles. The molecule has 1 aliphatic rings. The zero-order chi connectivity index (χ0) is 12.9. The van der Waals surface area contributed by atoms with E-state index in [0.717, 1.165) is 26.1 Å². The Balaban J connectivity index is 2.26. The number of nitrogens with one attached hydrogen (secondary N) is 1. The summed E-state index contributed by atoms with van der Waals surface area (Å²) in [5, 5.41) is 2.61. The Labute approximate surface area is 102 Å². The molecule has 5 heteroatoms. The third-order valence-corrected chi connectivity index (χ3v) is 2.48. The van der Waals surface area contributed by atoms with Crippen LogP contribution < -0.4 is 5.32 Å². The smallest absolute Gasteiger partial charge is 0.397 e. The zero-order valence-corrected chi connectivity index (χ0v) is 10.7. The van der Waals surface area contributed by atoms with E-state index in [1.807, 2.05) is 0 Å². The molecule has 0 bridgehead atoms. The van der Waals surface area contributed by atoms with E-state index < -0.39 is 17.5 Å². The van der Waals surface area contributed by atoms with Gasteiger partial charge in [0.1, 0.15) is 5.60 Å². The van der Waals surface area contributed by atoms with Crippen molar-refractivity contribution in [1.82, 2.24) is 5.32 Å². The Hall–Kier alpha value is -1.10. The van der Waals surface area contributed by atoms with Crippen molar-refractivity contribution < 1.29 is 19.1 Å². The van der Waals surface area contributed by atoms with E-state index in [9.17, 15) is 9.59 Å². The van der Waals surface area contributed by atoms with E-state index in [1.165, 1.54) is 0 Å². The lowest BCUT2D eigenvalue weighted by atomic mass is 10.0. The van der Waals surface area contributed by atoms with Gasteiger partial charge in [-0.2, -0.15) is 0 Å². The summed E-state index contributed by atoms with van der Waals surface area (Å²) in [4.78, 5) is 22.8. The average molecular weight is 243 g/mol. The zero-order valence-electron chi connectivity index (χ0n) is 10.7. The van der Waals surface area contributed by atoms with Gasteiger partial charge in [0.25, 0.3) is 0 Å². The lowest BCUT2D eigenvalue weighted by Gasteiger charge is -2.23. The highest BCUT2D eigenvalue weighted by atomic mass is 16.6. The topological polar surface area (TPSA) is 64.6 Å². The summed E-state index contributed by atoms with van der Waals surface area (Å²) in [6.45, 7) is 7.17. The van der Waals surface area contributed by atoms with E-state index in [1.54, 1.807) is 20.8 Å². The molecule has 98 valence electrons. The molecule has 17 heavy (non-hydrogen) atoms. The van der Waals surface area contributed by atoms with E-state index in [0.29, 0.717) is 12.5 Å². The molecule has 0 aromatic carbocycles. The quantitative estimate of drug-likeness (QED) is 0.577. The summed E-state index contributed by atoms with van der Waals surface area (Å²) in [5.74, 6) is -1.08. The third-order valence-electron chi connectivity index (χ3n) is 2.48. The molecule has 0 atom stereocenters. The molecule has 1 amide bonds. The van der Waals surface area contributed by atoms with Gasteiger partial charge in [0.05, 0.1) is 0 Å². The Morgan fingerprint density at radius 2 is 1.88 bits per heavy atom. The van der Waals surface area contributed by atoms with E-state index in [2.05, 4.69) is 5.32 Å². The molecule has 0 aliphatic carbocycles. The van der Waals surface area contributed by atoms with Gasteiger partial charge in [0, 0.05) is 19.8 Å². The highest BCUT2D eigenvalue weighted by Gasteiger charge is 2.23. The minimum atomic E-state index is -0.815. The van der Waals surface area contributed by atoms with Crippen molar-refractivity contribution in [3.63, 3.8) is 0 Å². The maximum atomic E-state index is 11.4. The first-order valence-electron chi connectivity index (χ1n) is 5.97. The minimum Gasteiger partial charge on any atom is -0.453 e. The second-order valence-corrected chi connectivity index (χ2v) is 5.27. The Morgan fingerprint density at radius 1 is 1.29 bits per heavy atom. The summed E-state index contributed by atoms with van der Waals surface area (Å²) in [6.07, 6.45) is 1.85. The predicted molar refractivity (Wildman–Crippen MR) is 62.4 cm³/mol. The highest BCUT2D eigenvalue weighted by Crippen LogP contribution is 2.13. The van der Waals surface area contributed by atoms with Gasteiger partial charge in [-0.25, -0.2) is 4.79 Å². The van der Waals surface area contributed by atoms with Crippen LogP contribution in [-0.4, -0.2) is 37.2 Å². The van der Waals surface area contributed by atoms with Gasteiger partial charge in [0.15, 0.2) is 0 Å². The lowest BCUT2D eigenvalue weighted by Crippen LogP contribution is -2.39. The molecule has 1 fully saturated rings. The van der Waals surface area contributed by atoms with Gasteiger partial charge >= 0.3 is 11.9 Å². The number of carbonyl (C=O) groups is 2. The molecular weight excluding hydrogens is 222 g/mol. The van der Waals surface area contributed by atoms with Crippen molar-refractivity contribution in [2.45, 2.75) is 39.2 Å². The molecule has 0 spiro atoms. The SMILES string of the molecule is CC(C)(C)OC(=O)C(=O)NCC1CCOCC1.